The van der Waals surface area contributed by atoms with Crippen molar-refractivity contribution in [1.29, 1.82) is 0 Å². The molecule has 0 aliphatic carbocycles. The van der Waals surface area contributed by atoms with Crippen molar-refractivity contribution in [3.63, 3.8) is 0 Å². The molecule has 1 aromatic rings. The average Bonchev–Trinajstić information content (AvgIpc) is 2.47. The highest BCUT2D eigenvalue weighted by atomic mass is 35.5. The van der Waals surface area contributed by atoms with E-state index in [0.29, 0.717) is 24.0 Å². The minimum atomic E-state index is 0.234. The van der Waals surface area contributed by atoms with Crippen molar-refractivity contribution >= 4 is 23.2 Å². The molecular weight excluding hydrogens is 199 g/mol. The van der Waals surface area contributed by atoms with Gasteiger partial charge in [-0.05, 0) is 11.1 Å². The second-order valence-corrected chi connectivity index (χ2v) is 3.19. The van der Waals surface area contributed by atoms with Gasteiger partial charge < -0.3 is 0 Å². The van der Waals surface area contributed by atoms with Crippen LogP contribution < -0.4 is 0 Å². The van der Waals surface area contributed by atoms with Crippen molar-refractivity contribution in [3.05, 3.63) is 5.82 Å². The Morgan fingerprint density at radius 1 is 1.42 bits per heavy atom. The normalized spacial score (nSPS) is 11.0. The van der Waals surface area contributed by atoms with E-state index in [9.17, 15) is 0 Å². The molecule has 0 N–H and O–H groups in total. The molecule has 0 aliphatic rings. The zero-order valence-electron chi connectivity index (χ0n) is 6.74. The van der Waals surface area contributed by atoms with Gasteiger partial charge in [-0.25, -0.2) is 0 Å². The molecule has 0 saturated carbocycles. The summed E-state index contributed by atoms with van der Waals surface area (Å²) >= 11 is 11.3. The highest BCUT2D eigenvalue weighted by molar-refractivity contribution is 6.20. The van der Waals surface area contributed by atoms with Gasteiger partial charge in [-0.3, -0.25) is 0 Å². The molecule has 0 saturated heterocycles. The van der Waals surface area contributed by atoms with Crippen LogP contribution in [-0.2, 0) is 13.5 Å². The van der Waals surface area contributed by atoms with Crippen molar-refractivity contribution < 1.29 is 0 Å². The van der Waals surface area contributed by atoms with Gasteiger partial charge in [0.1, 0.15) is 0 Å². The fraction of sp³-hybridized carbons (Fsp3) is 0.833. The predicted octanol–water partition coefficient (Wildman–Crippen LogP) is 0.846. The summed E-state index contributed by atoms with van der Waals surface area (Å²) in [7, 11) is 1.73. The minimum Gasteiger partial charge on any atom is -0.167 e. The van der Waals surface area contributed by atoms with Gasteiger partial charge in [0.15, 0.2) is 5.82 Å². The number of alkyl halides is 2. The Morgan fingerprint density at radius 3 is 2.50 bits per heavy atom. The lowest BCUT2D eigenvalue weighted by Crippen LogP contribution is -2.09. The van der Waals surface area contributed by atoms with Gasteiger partial charge in [0.05, 0.1) is 7.05 Å². The maximum atomic E-state index is 5.66. The molecule has 4 nitrogen and oxygen atoms in total. The summed E-state index contributed by atoms with van der Waals surface area (Å²) in [4.78, 5) is 1.43. The fourth-order valence-corrected chi connectivity index (χ4v) is 1.36. The summed E-state index contributed by atoms with van der Waals surface area (Å²) in [5.41, 5.74) is 0. The Kier molecular flexibility index (Phi) is 3.75. The van der Waals surface area contributed by atoms with Crippen LogP contribution in [0.15, 0.2) is 0 Å². The summed E-state index contributed by atoms with van der Waals surface area (Å²) in [5.74, 6) is 1.99. The molecule has 0 spiro atoms. The Labute approximate surface area is 80.8 Å². The van der Waals surface area contributed by atoms with E-state index in [0.717, 1.165) is 0 Å². The molecule has 0 atom stereocenters. The van der Waals surface area contributed by atoms with Crippen LogP contribution in [0.25, 0.3) is 0 Å². The van der Waals surface area contributed by atoms with Crippen LogP contribution in [0.4, 0.5) is 0 Å². The Morgan fingerprint density at radius 2 is 2.08 bits per heavy atom. The first-order valence-corrected chi connectivity index (χ1v) is 4.68. The summed E-state index contributed by atoms with van der Waals surface area (Å²) in [6.45, 7) is 0. The monoisotopic (exact) mass is 208 g/mol. The Balaban J connectivity index is 2.50. The third kappa shape index (κ3) is 2.60. The molecule has 0 amide bonds. The van der Waals surface area contributed by atoms with Gasteiger partial charge in [0, 0.05) is 18.2 Å². The summed E-state index contributed by atoms with van der Waals surface area (Å²) in [6.07, 6.45) is 0.695. The smallest absolute Gasteiger partial charge is 0.167 e. The Bertz CT molecular complexity index is 233. The molecule has 0 fully saturated rings. The molecule has 0 bridgehead atoms. The van der Waals surface area contributed by atoms with Crippen LogP contribution >= 0.6 is 23.2 Å². The van der Waals surface area contributed by atoms with Crippen LogP contribution in [0.1, 0.15) is 5.82 Å². The Hall–Kier alpha value is -0.350. The highest BCUT2D eigenvalue weighted by Crippen LogP contribution is 2.07. The number of hydrogen-bond donors (Lipinski definition) is 0. The number of rotatable bonds is 4. The van der Waals surface area contributed by atoms with Crippen LogP contribution in [-0.4, -0.2) is 32.0 Å². The van der Waals surface area contributed by atoms with Gasteiger partial charge in [0.2, 0.25) is 0 Å². The summed E-state index contributed by atoms with van der Waals surface area (Å²) < 4.78 is 0. The minimum absolute atomic E-state index is 0.234. The van der Waals surface area contributed by atoms with E-state index in [1.807, 2.05) is 0 Å². The number of nitrogens with zero attached hydrogens (tertiary/aromatic N) is 4. The van der Waals surface area contributed by atoms with Crippen molar-refractivity contribution in [2.24, 2.45) is 13.0 Å². The molecule has 0 aliphatic heterocycles. The summed E-state index contributed by atoms with van der Waals surface area (Å²) in [5, 5.41) is 11.6. The molecule has 0 unspecified atom stereocenters. The van der Waals surface area contributed by atoms with E-state index >= 15 is 0 Å². The average molecular weight is 209 g/mol. The lowest BCUT2D eigenvalue weighted by atomic mass is 10.1. The predicted molar refractivity (Wildman–Crippen MR) is 47.4 cm³/mol. The van der Waals surface area contributed by atoms with Gasteiger partial charge in [-0.2, -0.15) is 4.80 Å². The third-order valence-corrected chi connectivity index (χ3v) is 2.33. The second kappa shape index (κ2) is 4.62. The van der Waals surface area contributed by atoms with Gasteiger partial charge in [-0.15, -0.1) is 33.4 Å². The molecule has 1 heterocycles. The van der Waals surface area contributed by atoms with Gasteiger partial charge in [-0.1, -0.05) is 0 Å². The molecule has 12 heavy (non-hydrogen) atoms. The van der Waals surface area contributed by atoms with E-state index in [4.69, 9.17) is 23.2 Å². The first-order chi connectivity index (χ1) is 5.76. The standard InChI is InChI=1S/C6H10Cl2N4/c1-12-10-6(9-11-12)2-5(3-7)4-8/h5H,2-4H2,1H3. The maximum Gasteiger partial charge on any atom is 0.175 e. The van der Waals surface area contributed by atoms with Crippen molar-refractivity contribution in [2.45, 2.75) is 6.42 Å². The third-order valence-electron chi connectivity index (χ3n) is 1.46. The fourth-order valence-electron chi connectivity index (χ4n) is 0.814. The number of halogens is 2. The molecule has 6 heteroatoms. The summed E-state index contributed by atoms with van der Waals surface area (Å²) in [6, 6.07) is 0. The SMILES string of the molecule is Cn1nnc(CC(CCl)CCl)n1. The van der Waals surface area contributed by atoms with Crippen molar-refractivity contribution in [3.8, 4) is 0 Å². The van der Waals surface area contributed by atoms with E-state index in [-0.39, 0.29) is 5.92 Å². The zero-order valence-corrected chi connectivity index (χ0v) is 8.26. The van der Waals surface area contributed by atoms with E-state index in [1.165, 1.54) is 4.80 Å². The van der Waals surface area contributed by atoms with Crippen LogP contribution in [0.2, 0.25) is 0 Å². The molecule has 0 radical (unpaired) electrons. The molecular formula is C6H10Cl2N4. The number of aryl methyl sites for hydroxylation is 1. The maximum absolute atomic E-state index is 5.66. The molecule has 1 rings (SSSR count). The topological polar surface area (TPSA) is 43.6 Å². The molecule has 68 valence electrons. The molecule has 0 aromatic carbocycles. The van der Waals surface area contributed by atoms with Gasteiger partial charge in [0.25, 0.3) is 0 Å². The zero-order chi connectivity index (χ0) is 8.97. The van der Waals surface area contributed by atoms with Crippen molar-refractivity contribution in [2.75, 3.05) is 11.8 Å². The van der Waals surface area contributed by atoms with Crippen LogP contribution in [0.5, 0.6) is 0 Å². The van der Waals surface area contributed by atoms with Crippen LogP contribution in [0.3, 0.4) is 0 Å². The quantitative estimate of drug-likeness (QED) is 0.690. The van der Waals surface area contributed by atoms with Gasteiger partial charge >= 0.3 is 0 Å². The van der Waals surface area contributed by atoms with Crippen molar-refractivity contribution in [1.82, 2.24) is 20.2 Å². The van der Waals surface area contributed by atoms with E-state index < -0.39 is 0 Å². The first-order valence-electron chi connectivity index (χ1n) is 3.61. The highest BCUT2D eigenvalue weighted by Gasteiger charge is 2.10. The number of aromatic nitrogens is 4. The number of hydrogen-bond acceptors (Lipinski definition) is 3. The first kappa shape index (κ1) is 9.74. The number of tetrazole rings is 1. The van der Waals surface area contributed by atoms with Crippen LogP contribution in [0, 0.1) is 5.92 Å². The lowest BCUT2D eigenvalue weighted by molar-refractivity contribution is 0.611. The molecule has 1 aromatic heterocycles. The lowest BCUT2D eigenvalue weighted by Gasteiger charge is -2.04. The van der Waals surface area contributed by atoms with E-state index in [2.05, 4.69) is 15.4 Å². The largest absolute Gasteiger partial charge is 0.175 e. The van der Waals surface area contributed by atoms with E-state index in [1.54, 1.807) is 7.05 Å². The second-order valence-electron chi connectivity index (χ2n) is 2.57.